The van der Waals surface area contributed by atoms with E-state index < -0.39 is 0 Å². The average molecular weight is 273 g/mol. The fourth-order valence-corrected chi connectivity index (χ4v) is 2.96. The van der Waals surface area contributed by atoms with Crippen molar-refractivity contribution >= 4 is 11.8 Å². The van der Waals surface area contributed by atoms with Crippen LogP contribution in [0.5, 0.6) is 0 Å². The van der Waals surface area contributed by atoms with Gasteiger partial charge in [-0.3, -0.25) is 0 Å². The third-order valence-corrected chi connectivity index (χ3v) is 4.09. The van der Waals surface area contributed by atoms with Crippen molar-refractivity contribution in [1.82, 2.24) is 14.8 Å². The van der Waals surface area contributed by atoms with Gasteiger partial charge in [-0.15, -0.1) is 16.8 Å². The molecule has 2 aromatic rings. The van der Waals surface area contributed by atoms with Gasteiger partial charge >= 0.3 is 0 Å². The van der Waals surface area contributed by atoms with E-state index >= 15 is 0 Å². The van der Waals surface area contributed by atoms with Crippen LogP contribution in [0.1, 0.15) is 22.5 Å². The fraction of sp³-hybridized carbons (Fsp3) is 0.333. The Labute approximate surface area is 118 Å². The lowest BCUT2D eigenvalue weighted by Crippen LogP contribution is -2.00. The van der Waals surface area contributed by atoms with Gasteiger partial charge in [0, 0.05) is 12.3 Å². The van der Waals surface area contributed by atoms with E-state index in [0.717, 1.165) is 23.3 Å². The molecule has 0 atom stereocenters. The Balaban J connectivity index is 2.14. The summed E-state index contributed by atoms with van der Waals surface area (Å²) in [6.45, 7) is 10.8. The first-order valence-corrected chi connectivity index (χ1v) is 7.30. The molecule has 1 aromatic heterocycles. The molecule has 0 aliphatic rings. The van der Waals surface area contributed by atoms with E-state index in [-0.39, 0.29) is 0 Å². The van der Waals surface area contributed by atoms with Crippen LogP contribution in [-0.2, 0) is 12.3 Å². The second-order valence-corrected chi connectivity index (χ2v) is 5.59. The topological polar surface area (TPSA) is 30.7 Å². The maximum absolute atomic E-state index is 4.23. The minimum atomic E-state index is 0.758. The standard InChI is InChI=1S/C15H19N3S/c1-5-8-18-13(4)16-17-15(18)19-10-14-9-11(2)6-7-12(14)3/h5-7,9H,1,8,10H2,2-4H3. The normalized spacial score (nSPS) is 10.7. The molecular formula is C15H19N3S. The number of hydrogen-bond acceptors (Lipinski definition) is 3. The summed E-state index contributed by atoms with van der Waals surface area (Å²) >= 11 is 1.73. The van der Waals surface area contributed by atoms with E-state index in [1.165, 1.54) is 16.7 Å². The molecule has 0 aliphatic heterocycles. The highest BCUT2D eigenvalue weighted by Gasteiger charge is 2.09. The number of aromatic nitrogens is 3. The van der Waals surface area contributed by atoms with Gasteiger partial charge < -0.3 is 4.57 Å². The predicted molar refractivity (Wildman–Crippen MR) is 80.4 cm³/mol. The molecule has 0 N–H and O–H groups in total. The summed E-state index contributed by atoms with van der Waals surface area (Å²) in [5, 5.41) is 9.32. The maximum atomic E-state index is 4.23. The van der Waals surface area contributed by atoms with Crippen LogP contribution < -0.4 is 0 Å². The van der Waals surface area contributed by atoms with E-state index in [9.17, 15) is 0 Å². The minimum absolute atomic E-state index is 0.758. The van der Waals surface area contributed by atoms with Crippen LogP contribution in [0, 0.1) is 20.8 Å². The molecule has 1 heterocycles. The van der Waals surface area contributed by atoms with Crippen LogP contribution in [0.3, 0.4) is 0 Å². The molecule has 0 fully saturated rings. The molecule has 0 bridgehead atoms. The second kappa shape index (κ2) is 6.06. The van der Waals surface area contributed by atoms with Crippen molar-refractivity contribution < 1.29 is 0 Å². The number of benzene rings is 1. The molecule has 4 heteroatoms. The Kier molecular flexibility index (Phi) is 4.43. The van der Waals surface area contributed by atoms with Gasteiger partial charge in [-0.1, -0.05) is 41.6 Å². The van der Waals surface area contributed by atoms with Gasteiger partial charge in [0.25, 0.3) is 0 Å². The summed E-state index contributed by atoms with van der Waals surface area (Å²) < 4.78 is 2.09. The number of rotatable bonds is 5. The Morgan fingerprint density at radius 3 is 2.79 bits per heavy atom. The molecule has 0 unspecified atom stereocenters. The molecule has 0 spiro atoms. The van der Waals surface area contributed by atoms with Crippen LogP contribution in [-0.4, -0.2) is 14.8 Å². The van der Waals surface area contributed by atoms with Crippen molar-refractivity contribution in [1.29, 1.82) is 0 Å². The van der Waals surface area contributed by atoms with Crippen LogP contribution in [0.2, 0.25) is 0 Å². The molecule has 1 aromatic carbocycles. The quantitative estimate of drug-likeness (QED) is 0.615. The third kappa shape index (κ3) is 3.26. The van der Waals surface area contributed by atoms with Crippen LogP contribution in [0.4, 0.5) is 0 Å². The number of hydrogen-bond donors (Lipinski definition) is 0. The molecule has 100 valence electrons. The smallest absolute Gasteiger partial charge is 0.191 e. The zero-order valence-corrected chi connectivity index (χ0v) is 12.5. The number of allylic oxidation sites excluding steroid dienone is 1. The fourth-order valence-electron chi connectivity index (χ4n) is 1.91. The summed E-state index contributed by atoms with van der Waals surface area (Å²) in [6.07, 6.45) is 1.87. The van der Waals surface area contributed by atoms with E-state index in [4.69, 9.17) is 0 Å². The van der Waals surface area contributed by atoms with Gasteiger partial charge in [0.15, 0.2) is 5.16 Å². The van der Waals surface area contributed by atoms with Crippen LogP contribution >= 0.6 is 11.8 Å². The summed E-state index contributed by atoms with van der Waals surface area (Å²) in [5.41, 5.74) is 3.98. The highest BCUT2D eigenvalue weighted by atomic mass is 32.2. The van der Waals surface area contributed by atoms with E-state index in [2.05, 4.69) is 53.4 Å². The van der Waals surface area contributed by atoms with Gasteiger partial charge in [0.05, 0.1) is 0 Å². The molecule has 19 heavy (non-hydrogen) atoms. The summed E-state index contributed by atoms with van der Waals surface area (Å²) in [7, 11) is 0. The Morgan fingerprint density at radius 2 is 2.05 bits per heavy atom. The van der Waals surface area contributed by atoms with Crippen molar-refractivity contribution in [2.45, 2.75) is 38.2 Å². The van der Waals surface area contributed by atoms with Crippen molar-refractivity contribution in [2.75, 3.05) is 0 Å². The Morgan fingerprint density at radius 1 is 1.26 bits per heavy atom. The predicted octanol–water partition coefficient (Wildman–Crippen LogP) is 3.68. The number of thioether (sulfide) groups is 1. The first-order valence-electron chi connectivity index (χ1n) is 6.31. The van der Waals surface area contributed by atoms with Gasteiger partial charge in [-0.25, -0.2) is 0 Å². The van der Waals surface area contributed by atoms with Crippen molar-refractivity contribution in [3.05, 3.63) is 53.4 Å². The maximum Gasteiger partial charge on any atom is 0.191 e. The summed E-state index contributed by atoms with van der Waals surface area (Å²) in [6, 6.07) is 6.56. The molecule has 3 nitrogen and oxygen atoms in total. The molecule has 0 saturated carbocycles. The first-order chi connectivity index (χ1) is 9.11. The van der Waals surface area contributed by atoms with Gasteiger partial charge in [-0.05, 0) is 31.9 Å². The summed E-state index contributed by atoms with van der Waals surface area (Å²) in [5.74, 6) is 1.85. The lowest BCUT2D eigenvalue weighted by atomic mass is 10.1. The third-order valence-electron chi connectivity index (χ3n) is 3.07. The first kappa shape index (κ1) is 13.9. The van der Waals surface area contributed by atoms with Crippen molar-refractivity contribution in [2.24, 2.45) is 0 Å². The summed E-state index contributed by atoms with van der Waals surface area (Å²) in [4.78, 5) is 0. The van der Waals surface area contributed by atoms with Crippen molar-refractivity contribution in [3.8, 4) is 0 Å². The van der Waals surface area contributed by atoms with Gasteiger partial charge in [-0.2, -0.15) is 0 Å². The van der Waals surface area contributed by atoms with E-state index in [1.807, 2.05) is 13.0 Å². The molecule has 0 amide bonds. The zero-order valence-electron chi connectivity index (χ0n) is 11.7. The molecule has 0 aliphatic carbocycles. The highest BCUT2D eigenvalue weighted by molar-refractivity contribution is 7.98. The number of nitrogens with zero attached hydrogens (tertiary/aromatic N) is 3. The highest BCUT2D eigenvalue weighted by Crippen LogP contribution is 2.24. The van der Waals surface area contributed by atoms with Gasteiger partial charge in [0.1, 0.15) is 5.82 Å². The van der Waals surface area contributed by atoms with E-state index in [1.54, 1.807) is 11.8 Å². The molecule has 0 saturated heterocycles. The van der Waals surface area contributed by atoms with Crippen LogP contribution in [0.15, 0.2) is 36.0 Å². The lowest BCUT2D eigenvalue weighted by molar-refractivity contribution is 0.703. The van der Waals surface area contributed by atoms with Crippen LogP contribution in [0.25, 0.3) is 0 Å². The average Bonchev–Trinajstić information content (AvgIpc) is 2.73. The number of aryl methyl sites for hydroxylation is 3. The monoisotopic (exact) mass is 273 g/mol. The Bertz CT molecular complexity index is 587. The second-order valence-electron chi connectivity index (χ2n) is 4.65. The minimum Gasteiger partial charge on any atom is -0.302 e. The SMILES string of the molecule is C=CCn1c(C)nnc1SCc1cc(C)ccc1C. The zero-order chi connectivity index (χ0) is 13.8. The van der Waals surface area contributed by atoms with E-state index in [0.29, 0.717) is 0 Å². The lowest BCUT2D eigenvalue weighted by Gasteiger charge is -2.08. The molecule has 0 radical (unpaired) electrons. The van der Waals surface area contributed by atoms with Gasteiger partial charge in [0.2, 0.25) is 0 Å². The van der Waals surface area contributed by atoms with Crippen molar-refractivity contribution in [3.63, 3.8) is 0 Å². The largest absolute Gasteiger partial charge is 0.302 e. The molecule has 2 rings (SSSR count). The Hall–Kier alpha value is -1.55. The molecular weight excluding hydrogens is 254 g/mol.